The largest absolute Gasteiger partial charge is 0.444 e. The van der Waals surface area contributed by atoms with Crippen LogP contribution in [-0.4, -0.2) is 46.9 Å². The van der Waals surface area contributed by atoms with Crippen LogP contribution in [0.5, 0.6) is 0 Å². The quantitative estimate of drug-likeness (QED) is 0.254. The third kappa shape index (κ3) is 8.44. The lowest BCUT2D eigenvalue weighted by molar-refractivity contribution is -0.141. The maximum absolute atomic E-state index is 13.9. The summed E-state index contributed by atoms with van der Waals surface area (Å²) in [5.41, 5.74) is 6.12. The summed E-state index contributed by atoms with van der Waals surface area (Å²) in [7, 11) is 0. The first-order chi connectivity index (χ1) is 19.4. The van der Waals surface area contributed by atoms with Gasteiger partial charge in [-0.2, -0.15) is 0 Å². The molecular formula is C32H34N4O5. The summed E-state index contributed by atoms with van der Waals surface area (Å²) >= 11 is 0. The molecule has 0 saturated carbocycles. The highest BCUT2D eigenvalue weighted by Crippen LogP contribution is 2.26. The number of terminal acetylenes is 1. The lowest BCUT2D eigenvalue weighted by Crippen LogP contribution is -2.53. The molecule has 0 aliphatic rings. The Morgan fingerprint density at radius 3 is 2.29 bits per heavy atom. The number of benzene rings is 3. The molecular weight excluding hydrogens is 520 g/mol. The van der Waals surface area contributed by atoms with E-state index in [-0.39, 0.29) is 6.54 Å². The van der Waals surface area contributed by atoms with Crippen molar-refractivity contribution in [1.29, 1.82) is 0 Å². The number of hydrogen-bond acceptors (Lipinski definition) is 5. The summed E-state index contributed by atoms with van der Waals surface area (Å²) < 4.78 is 5.28. The van der Waals surface area contributed by atoms with Gasteiger partial charge in [0.05, 0.1) is 6.42 Å². The second-order valence-electron chi connectivity index (χ2n) is 10.4. The molecule has 3 rings (SSSR count). The van der Waals surface area contributed by atoms with E-state index < -0.39 is 47.9 Å². The monoisotopic (exact) mass is 554 g/mol. The Balaban J connectivity index is 2.02. The van der Waals surface area contributed by atoms with Gasteiger partial charge in [-0.1, -0.05) is 54.5 Å². The summed E-state index contributed by atoms with van der Waals surface area (Å²) in [5, 5.41) is 7.24. The molecule has 0 fully saturated rings. The van der Waals surface area contributed by atoms with Crippen LogP contribution >= 0.6 is 0 Å². The average Bonchev–Trinajstić information content (AvgIpc) is 2.91. The van der Waals surface area contributed by atoms with E-state index in [1.807, 2.05) is 36.4 Å². The molecule has 212 valence electrons. The van der Waals surface area contributed by atoms with Crippen molar-refractivity contribution in [1.82, 2.24) is 10.2 Å². The predicted octanol–water partition coefficient (Wildman–Crippen LogP) is 4.28. The first kappa shape index (κ1) is 30.4. The number of anilines is 1. The first-order valence-electron chi connectivity index (χ1n) is 13.0. The van der Waals surface area contributed by atoms with Crippen molar-refractivity contribution in [2.45, 2.75) is 44.9 Å². The Morgan fingerprint density at radius 2 is 1.71 bits per heavy atom. The predicted molar refractivity (Wildman–Crippen MR) is 159 cm³/mol. The van der Waals surface area contributed by atoms with E-state index in [0.29, 0.717) is 16.8 Å². The van der Waals surface area contributed by atoms with Gasteiger partial charge >= 0.3 is 6.09 Å². The number of carbonyl (C=O) groups excluding carboxylic acids is 4. The van der Waals surface area contributed by atoms with Crippen LogP contribution in [0, 0.1) is 12.3 Å². The fourth-order valence-corrected chi connectivity index (χ4v) is 4.23. The average molecular weight is 555 g/mol. The number of alkyl carbamates (subject to hydrolysis) is 1. The molecule has 0 bridgehead atoms. The van der Waals surface area contributed by atoms with Crippen molar-refractivity contribution in [2.24, 2.45) is 5.73 Å². The molecule has 0 aliphatic carbocycles. The summed E-state index contributed by atoms with van der Waals surface area (Å²) in [4.78, 5) is 53.5. The third-order valence-electron chi connectivity index (χ3n) is 5.97. The van der Waals surface area contributed by atoms with Crippen LogP contribution in [0.15, 0.2) is 79.4 Å². The van der Waals surface area contributed by atoms with Crippen LogP contribution < -0.4 is 16.4 Å². The molecule has 9 heteroatoms. The zero-order chi connectivity index (χ0) is 30.2. The van der Waals surface area contributed by atoms with E-state index in [2.05, 4.69) is 23.1 Å². The number of fused-ring (bicyclic) bond motifs is 1. The summed E-state index contributed by atoms with van der Waals surface area (Å²) in [6, 6.07) is 17.2. The number of carbonyl (C=O) groups is 4. The fraction of sp³-hybridized carbons (Fsp3) is 0.250. The van der Waals surface area contributed by atoms with E-state index in [9.17, 15) is 19.2 Å². The molecule has 3 aromatic carbocycles. The maximum atomic E-state index is 13.9. The van der Waals surface area contributed by atoms with Gasteiger partial charge < -0.3 is 26.0 Å². The molecule has 41 heavy (non-hydrogen) atoms. The van der Waals surface area contributed by atoms with Gasteiger partial charge in [-0.05, 0) is 61.4 Å². The van der Waals surface area contributed by atoms with Gasteiger partial charge in [0.1, 0.15) is 17.7 Å². The minimum absolute atomic E-state index is 0.0865. The Hall–Kier alpha value is -5.10. The SMILES string of the molecule is C#Cc1ccc(C(C(=O)Nc2ccc3ccccc3c2)N(CC=C)C(=O)C(CC(N)=O)NC(=O)OC(C)(C)C)cc1. The number of amides is 4. The van der Waals surface area contributed by atoms with Crippen molar-refractivity contribution in [3.63, 3.8) is 0 Å². The second-order valence-corrected chi connectivity index (χ2v) is 10.4. The standard InChI is InChI=1S/C32H34N4O5/c1-6-18-36(30(39)26(20-27(33)37)35-31(40)41-32(3,4)5)28(23-14-12-21(7-2)13-15-23)29(38)34-25-17-16-22-10-8-9-11-24(22)19-25/h2,6,8-17,19,26,28H,1,18,20H2,3-5H3,(H2,33,37)(H,34,38)(H,35,40). The van der Waals surface area contributed by atoms with Gasteiger partial charge in [-0.3, -0.25) is 14.4 Å². The van der Waals surface area contributed by atoms with Crippen molar-refractivity contribution in [3.8, 4) is 12.3 Å². The van der Waals surface area contributed by atoms with E-state index in [0.717, 1.165) is 10.8 Å². The Morgan fingerprint density at radius 1 is 1.05 bits per heavy atom. The number of ether oxygens (including phenoxy) is 1. The van der Waals surface area contributed by atoms with Crippen molar-refractivity contribution in [3.05, 3.63) is 90.5 Å². The summed E-state index contributed by atoms with van der Waals surface area (Å²) in [6.07, 6.45) is 5.53. The molecule has 9 nitrogen and oxygen atoms in total. The van der Waals surface area contributed by atoms with Crippen LogP contribution in [0.3, 0.4) is 0 Å². The number of nitrogens with two attached hydrogens (primary N) is 1. The van der Waals surface area contributed by atoms with E-state index in [1.165, 1.54) is 11.0 Å². The molecule has 2 unspecified atom stereocenters. The minimum Gasteiger partial charge on any atom is -0.444 e. The lowest BCUT2D eigenvalue weighted by atomic mass is 10.0. The number of nitrogens with zero attached hydrogens (tertiary/aromatic N) is 1. The molecule has 4 N–H and O–H groups in total. The number of nitrogens with one attached hydrogen (secondary N) is 2. The zero-order valence-electron chi connectivity index (χ0n) is 23.3. The van der Waals surface area contributed by atoms with E-state index >= 15 is 0 Å². The normalized spacial score (nSPS) is 12.3. The van der Waals surface area contributed by atoms with Crippen molar-refractivity contribution in [2.75, 3.05) is 11.9 Å². The topological polar surface area (TPSA) is 131 Å². The maximum Gasteiger partial charge on any atom is 0.408 e. The Bertz CT molecular complexity index is 1480. The van der Waals surface area contributed by atoms with Gasteiger partial charge in [0.15, 0.2) is 0 Å². The van der Waals surface area contributed by atoms with Gasteiger partial charge in [0.2, 0.25) is 11.8 Å². The lowest BCUT2D eigenvalue weighted by Gasteiger charge is -2.33. The molecule has 0 radical (unpaired) electrons. The molecule has 0 aromatic heterocycles. The molecule has 4 amide bonds. The molecule has 0 spiro atoms. The van der Waals surface area contributed by atoms with E-state index in [4.69, 9.17) is 16.9 Å². The number of hydrogen-bond donors (Lipinski definition) is 3. The fourth-order valence-electron chi connectivity index (χ4n) is 4.23. The van der Waals surface area contributed by atoms with E-state index in [1.54, 1.807) is 51.1 Å². The second kappa shape index (κ2) is 13.3. The Kier molecular flexibility index (Phi) is 9.88. The van der Waals surface area contributed by atoms with Gasteiger partial charge in [-0.15, -0.1) is 13.0 Å². The van der Waals surface area contributed by atoms with Crippen molar-refractivity contribution >= 4 is 40.3 Å². The van der Waals surface area contributed by atoms with Crippen LogP contribution in [0.4, 0.5) is 10.5 Å². The van der Waals surface area contributed by atoms with Crippen LogP contribution in [0.1, 0.15) is 44.4 Å². The van der Waals surface area contributed by atoms with Crippen LogP contribution in [-0.2, 0) is 19.1 Å². The summed E-state index contributed by atoms with van der Waals surface area (Å²) in [6.45, 7) is 8.63. The number of rotatable bonds is 10. The van der Waals surface area contributed by atoms with Gasteiger partial charge in [0.25, 0.3) is 5.91 Å². The highest BCUT2D eigenvalue weighted by atomic mass is 16.6. The Labute approximate surface area is 239 Å². The first-order valence-corrected chi connectivity index (χ1v) is 13.0. The molecule has 0 saturated heterocycles. The zero-order valence-corrected chi connectivity index (χ0v) is 23.3. The van der Waals surface area contributed by atoms with Crippen LogP contribution in [0.25, 0.3) is 10.8 Å². The molecule has 2 atom stereocenters. The third-order valence-corrected chi connectivity index (χ3v) is 5.97. The summed E-state index contributed by atoms with van der Waals surface area (Å²) in [5.74, 6) is 0.445. The van der Waals surface area contributed by atoms with Gasteiger partial charge in [0, 0.05) is 17.8 Å². The minimum atomic E-state index is -1.40. The van der Waals surface area contributed by atoms with Crippen molar-refractivity contribution < 1.29 is 23.9 Å². The highest BCUT2D eigenvalue weighted by molar-refractivity contribution is 6.01. The smallest absolute Gasteiger partial charge is 0.408 e. The number of primary amides is 1. The van der Waals surface area contributed by atoms with Gasteiger partial charge in [-0.25, -0.2) is 4.79 Å². The molecule has 3 aromatic rings. The van der Waals surface area contributed by atoms with Crippen LogP contribution in [0.2, 0.25) is 0 Å². The molecule has 0 aliphatic heterocycles. The highest BCUT2D eigenvalue weighted by Gasteiger charge is 2.36. The molecule has 0 heterocycles.